The van der Waals surface area contributed by atoms with Crippen LogP contribution in [0.5, 0.6) is 0 Å². The van der Waals surface area contributed by atoms with Gasteiger partial charge in [-0.25, -0.2) is 13.5 Å². The molecule has 1 unspecified atom stereocenters. The van der Waals surface area contributed by atoms with E-state index in [0.29, 0.717) is 21.3 Å². The van der Waals surface area contributed by atoms with Crippen LogP contribution in [0, 0.1) is 0 Å². The fraction of sp³-hybridized carbons (Fsp3) is 0.167. The highest BCUT2D eigenvalue weighted by molar-refractivity contribution is 7.92. The third-order valence-electron chi connectivity index (χ3n) is 3.54. The third-order valence-corrected chi connectivity index (χ3v) is 5.19. The Labute approximate surface area is 157 Å². The molecule has 0 aliphatic carbocycles. The average molecular weight is 395 g/mol. The van der Waals surface area contributed by atoms with Crippen molar-refractivity contribution >= 4 is 39.3 Å². The van der Waals surface area contributed by atoms with E-state index < -0.39 is 22.0 Å². The molecule has 2 rings (SSSR count). The lowest BCUT2D eigenvalue weighted by Gasteiger charge is -2.17. The Morgan fingerprint density at radius 1 is 1.23 bits per heavy atom. The standard InChI is InChI=1S/C18H19ClN2O4S/c1-13(21(23)14(2)22)6-7-15-4-3-5-17(12-15)20-26(24,25)18-10-8-16(19)9-11-18/h3-13,20,23H,1-2H3/b7-6+. The van der Waals surface area contributed by atoms with Gasteiger partial charge in [0.15, 0.2) is 0 Å². The van der Waals surface area contributed by atoms with Crippen molar-refractivity contribution in [1.82, 2.24) is 5.06 Å². The first-order chi connectivity index (χ1) is 12.2. The first-order valence-corrected chi connectivity index (χ1v) is 9.60. The van der Waals surface area contributed by atoms with Gasteiger partial charge >= 0.3 is 0 Å². The first kappa shape index (κ1) is 20.0. The predicted molar refractivity (Wildman–Crippen MR) is 102 cm³/mol. The van der Waals surface area contributed by atoms with Gasteiger partial charge in [-0.1, -0.05) is 35.9 Å². The first-order valence-electron chi connectivity index (χ1n) is 7.74. The molecule has 1 amide bonds. The molecule has 6 nitrogen and oxygen atoms in total. The molecular formula is C18H19ClN2O4S. The summed E-state index contributed by atoms with van der Waals surface area (Å²) in [4.78, 5) is 11.2. The van der Waals surface area contributed by atoms with Gasteiger partial charge in [0.25, 0.3) is 10.0 Å². The van der Waals surface area contributed by atoms with Crippen molar-refractivity contribution < 1.29 is 18.4 Å². The summed E-state index contributed by atoms with van der Waals surface area (Å²) < 4.78 is 27.3. The molecule has 0 heterocycles. The van der Waals surface area contributed by atoms with E-state index in [1.54, 1.807) is 43.3 Å². The lowest BCUT2D eigenvalue weighted by atomic mass is 10.1. The van der Waals surface area contributed by atoms with E-state index in [9.17, 15) is 18.4 Å². The fourth-order valence-electron chi connectivity index (χ4n) is 2.15. The minimum atomic E-state index is -3.73. The summed E-state index contributed by atoms with van der Waals surface area (Å²) in [6.45, 7) is 2.92. The van der Waals surface area contributed by atoms with Crippen molar-refractivity contribution in [3.05, 3.63) is 65.2 Å². The van der Waals surface area contributed by atoms with Crippen LogP contribution in [0.3, 0.4) is 0 Å². The predicted octanol–water partition coefficient (Wildman–Crippen LogP) is 3.78. The van der Waals surface area contributed by atoms with Gasteiger partial charge in [-0.15, -0.1) is 0 Å². The zero-order valence-electron chi connectivity index (χ0n) is 14.3. The van der Waals surface area contributed by atoms with Crippen molar-refractivity contribution in [2.24, 2.45) is 0 Å². The van der Waals surface area contributed by atoms with Crippen LogP contribution in [0.2, 0.25) is 5.02 Å². The Morgan fingerprint density at radius 3 is 2.50 bits per heavy atom. The Hall–Kier alpha value is -2.35. The minimum absolute atomic E-state index is 0.105. The molecular weight excluding hydrogens is 376 g/mol. The van der Waals surface area contributed by atoms with E-state index in [1.165, 1.54) is 31.2 Å². The van der Waals surface area contributed by atoms with E-state index in [-0.39, 0.29) is 4.90 Å². The quantitative estimate of drug-likeness (QED) is 0.576. The van der Waals surface area contributed by atoms with Crippen LogP contribution in [0.15, 0.2) is 59.5 Å². The number of nitrogens with zero attached hydrogens (tertiary/aromatic N) is 1. The Kier molecular flexibility index (Phi) is 6.42. The molecule has 0 aromatic heterocycles. The van der Waals surface area contributed by atoms with Crippen molar-refractivity contribution in [2.75, 3.05) is 4.72 Å². The molecule has 0 fully saturated rings. The van der Waals surface area contributed by atoms with Gasteiger partial charge < -0.3 is 0 Å². The summed E-state index contributed by atoms with van der Waals surface area (Å²) in [5.74, 6) is -0.466. The summed E-state index contributed by atoms with van der Waals surface area (Å²) in [6, 6.07) is 12.1. The number of rotatable bonds is 6. The fourth-order valence-corrected chi connectivity index (χ4v) is 3.33. The Morgan fingerprint density at radius 2 is 1.88 bits per heavy atom. The van der Waals surface area contributed by atoms with Gasteiger partial charge in [0, 0.05) is 17.6 Å². The number of sulfonamides is 1. The monoisotopic (exact) mass is 394 g/mol. The van der Waals surface area contributed by atoms with Gasteiger partial charge in [0.05, 0.1) is 10.9 Å². The van der Waals surface area contributed by atoms with Crippen molar-refractivity contribution in [3.8, 4) is 0 Å². The van der Waals surface area contributed by atoms with Crippen molar-refractivity contribution in [3.63, 3.8) is 0 Å². The van der Waals surface area contributed by atoms with Crippen molar-refractivity contribution in [1.29, 1.82) is 0 Å². The molecule has 26 heavy (non-hydrogen) atoms. The molecule has 138 valence electrons. The molecule has 0 saturated carbocycles. The van der Waals surface area contributed by atoms with E-state index in [4.69, 9.17) is 11.6 Å². The number of halogens is 1. The molecule has 8 heteroatoms. The van der Waals surface area contributed by atoms with Crippen LogP contribution >= 0.6 is 11.6 Å². The molecule has 1 atom stereocenters. The van der Waals surface area contributed by atoms with E-state index in [2.05, 4.69) is 4.72 Å². The lowest BCUT2D eigenvalue weighted by molar-refractivity contribution is -0.167. The molecule has 2 aromatic rings. The van der Waals surface area contributed by atoms with E-state index in [1.807, 2.05) is 0 Å². The lowest BCUT2D eigenvalue weighted by Crippen LogP contribution is -2.32. The summed E-state index contributed by atoms with van der Waals surface area (Å²) in [5, 5.41) is 10.6. The molecule has 0 aliphatic rings. The van der Waals surface area contributed by atoms with Crippen LogP contribution in [-0.4, -0.2) is 30.6 Å². The van der Waals surface area contributed by atoms with Crippen LogP contribution in [0.4, 0.5) is 5.69 Å². The van der Waals surface area contributed by atoms with Crippen LogP contribution in [-0.2, 0) is 14.8 Å². The summed E-state index contributed by atoms with van der Waals surface area (Å²) >= 11 is 5.78. The van der Waals surface area contributed by atoms with Gasteiger partial charge in [-0.2, -0.15) is 0 Å². The number of nitrogens with one attached hydrogen (secondary N) is 1. The molecule has 0 radical (unpaired) electrons. The number of hydrogen-bond acceptors (Lipinski definition) is 4. The van der Waals surface area contributed by atoms with E-state index >= 15 is 0 Å². The molecule has 0 bridgehead atoms. The molecule has 0 aliphatic heterocycles. The van der Waals surface area contributed by atoms with Gasteiger partial charge in [-0.3, -0.25) is 14.7 Å². The number of carbonyl (C=O) groups excluding carboxylic acids is 1. The maximum atomic E-state index is 12.4. The summed E-state index contributed by atoms with van der Waals surface area (Å²) in [6.07, 6.45) is 3.32. The topological polar surface area (TPSA) is 86.7 Å². The highest BCUT2D eigenvalue weighted by Gasteiger charge is 2.14. The summed E-state index contributed by atoms with van der Waals surface area (Å²) in [7, 11) is -3.73. The van der Waals surface area contributed by atoms with Crippen LogP contribution in [0.25, 0.3) is 6.08 Å². The second kappa shape index (κ2) is 8.35. The molecule has 2 aromatic carbocycles. The second-order valence-electron chi connectivity index (χ2n) is 5.65. The van der Waals surface area contributed by atoms with Crippen LogP contribution in [0.1, 0.15) is 19.4 Å². The maximum absolute atomic E-state index is 12.4. The number of hydroxylamine groups is 2. The molecule has 2 N–H and O–H groups in total. The maximum Gasteiger partial charge on any atom is 0.261 e. The number of benzene rings is 2. The normalized spacial score (nSPS) is 12.8. The highest BCUT2D eigenvalue weighted by atomic mass is 35.5. The zero-order chi connectivity index (χ0) is 19.3. The SMILES string of the molecule is CC(=O)N(O)C(C)/C=C/c1cccc(NS(=O)(=O)c2ccc(Cl)cc2)c1. The number of hydrogen-bond donors (Lipinski definition) is 2. The van der Waals surface area contributed by atoms with Gasteiger partial charge in [-0.05, 0) is 48.9 Å². The Bertz CT molecular complexity index is 911. The van der Waals surface area contributed by atoms with Crippen molar-refractivity contribution in [2.45, 2.75) is 24.8 Å². The average Bonchev–Trinajstić information content (AvgIpc) is 2.59. The van der Waals surface area contributed by atoms with Gasteiger partial charge in [0.1, 0.15) is 0 Å². The molecule has 0 spiro atoms. The smallest absolute Gasteiger partial charge is 0.261 e. The van der Waals surface area contributed by atoms with Gasteiger partial charge in [0.2, 0.25) is 5.91 Å². The third kappa shape index (κ3) is 5.32. The number of anilines is 1. The number of carbonyl (C=O) groups is 1. The summed E-state index contributed by atoms with van der Waals surface area (Å²) in [5.41, 5.74) is 1.10. The second-order valence-corrected chi connectivity index (χ2v) is 7.77. The largest absolute Gasteiger partial charge is 0.285 e. The minimum Gasteiger partial charge on any atom is -0.285 e. The van der Waals surface area contributed by atoms with Crippen LogP contribution < -0.4 is 4.72 Å². The van der Waals surface area contributed by atoms with E-state index in [0.717, 1.165) is 0 Å². The zero-order valence-corrected chi connectivity index (χ0v) is 15.8. The highest BCUT2D eigenvalue weighted by Crippen LogP contribution is 2.19. The molecule has 0 saturated heterocycles. The number of amides is 1. The Balaban J connectivity index is 2.16.